The number of fused-ring (bicyclic) bond motifs is 11. The van der Waals surface area contributed by atoms with Gasteiger partial charge in [-0.1, -0.05) is 202 Å². The number of aromatic nitrogens is 4. The fourth-order valence-corrected chi connectivity index (χ4v) is 12.1. The van der Waals surface area contributed by atoms with Gasteiger partial charge in [0.25, 0.3) is 0 Å². The molecule has 4 heteroatoms. The SMILES string of the molecule is CC1(C)c2ccccc2-c2ccc(-c3nc(-c4ccccc4)nc(-c4ccc(-c5ccc(-n6c7cccc8c7c7c9c(cccc9ccc76)-c6c-8c7ccccc7c7ccccc67)cc5)cc4)n3)cc21. The lowest BCUT2D eigenvalue weighted by Crippen LogP contribution is -2.15. The number of benzene rings is 11. The molecule has 2 aromatic heterocycles. The van der Waals surface area contributed by atoms with Crippen LogP contribution in [0.25, 0.3) is 138 Å². The highest BCUT2D eigenvalue weighted by Crippen LogP contribution is 2.54. The minimum Gasteiger partial charge on any atom is -0.309 e. The van der Waals surface area contributed by atoms with Crippen molar-refractivity contribution in [1.82, 2.24) is 19.5 Å². The Bertz CT molecular complexity index is 4350. The van der Waals surface area contributed by atoms with Crippen LogP contribution in [0.1, 0.15) is 25.0 Å². The summed E-state index contributed by atoms with van der Waals surface area (Å²) in [5.41, 5.74) is 19.0. The molecule has 0 bridgehead atoms. The first-order valence-electron chi connectivity index (χ1n) is 24.2. The number of hydrogen-bond donors (Lipinski definition) is 0. The van der Waals surface area contributed by atoms with Crippen molar-refractivity contribution < 1.29 is 0 Å². The summed E-state index contributed by atoms with van der Waals surface area (Å²) in [6.07, 6.45) is 0. The first-order valence-corrected chi connectivity index (χ1v) is 24.2. The highest BCUT2D eigenvalue weighted by Gasteiger charge is 2.35. The van der Waals surface area contributed by atoms with E-state index < -0.39 is 0 Å². The van der Waals surface area contributed by atoms with Crippen LogP contribution in [-0.2, 0) is 5.41 Å². The minimum absolute atomic E-state index is 0.133. The van der Waals surface area contributed by atoms with Crippen molar-refractivity contribution in [2.45, 2.75) is 19.3 Å². The van der Waals surface area contributed by atoms with E-state index in [4.69, 9.17) is 15.0 Å². The molecular weight excluding hydrogens is 849 g/mol. The molecule has 2 heterocycles. The third-order valence-corrected chi connectivity index (χ3v) is 15.4. The van der Waals surface area contributed by atoms with Gasteiger partial charge in [-0.3, -0.25) is 0 Å². The molecular formula is C66H42N4. The van der Waals surface area contributed by atoms with Crippen molar-refractivity contribution in [2.24, 2.45) is 0 Å². The first-order chi connectivity index (χ1) is 34.5. The smallest absolute Gasteiger partial charge is 0.164 e. The predicted molar refractivity (Wildman–Crippen MR) is 290 cm³/mol. The topological polar surface area (TPSA) is 43.6 Å². The maximum absolute atomic E-state index is 5.16. The molecule has 0 spiro atoms. The van der Waals surface area contributed by atoms with E-state index in [2.05, 4.69) is 219 Å². The Hall–Kier alpha value is -8.99. The fourth-order valence-electron chi connectivity index (χ4n) is 12.1. The molecule has 0 radical (unpaired) electrons. The van der Waals surface area contributed by atoms with Gasteiger partial charge in [-0.25, -0.2) is 15.0 Å². The monoisotopic (exact) mass is 890 g/mol. The molecule has 15 rings (SSSR count). The average molecular weight is 891 g/mol. The lowest BCUT2D eigenvalue weighted by Gasteiger charge is -2.21. The van der Waals surface area contributed by atoms with Gasteiger partial charge in [-0.15, -0.1) is 0 Å². The van der Waals surface area contributed by atoms with Crippen LogP contribution in [0.5, 0.6) is 0 Å². The lowest BCUT2D eigenvalue weighted by atomic mass is 9.82. The third-order valence-electron chi connectivity index (χ3n) is 15.4. The highest BCUT2D eigenvalue weighted by atomic mass is 15.0. The largest absolute Gasteiger partial charge is 0.309 e. The molecule has 0 amide bonds. The van der Waals surface area contributed by atoms with Gasteiger partial charge in [-0.2, -0.15) is 0 Å². The summed E-state index contributed by atoms with van der Waals surface area (Å²) in [7, 11) is 0. The standard InChI is InChI=1S/C66H42N4/c1-66(2)54-24-11-10-19-48(54)49-36-32-44(38-55(49)66)65-68-63(42-14-4-3-5-15-42)67-64(69-65)43-28-26-39(27-29-43)40-30-34-45(35-31-40)70-56-25-13-23-53-60-51-21-9-7-18-47(51)46-17-6-8-20-50(46)59(60)52-22-12-16-41-33-37-57(70)62(58(41)52)61(53)56/h3-38H,1-2H3. The number of hydrogen-bond acceptors (Lipinski definition) is 3. The van der Waals surface area contributed by atoms with Gasteiger partial charge in [0, 0.05) is 38.6 Å². The summed E-state index contributed by atoms with van der Waals surface area (Å²) in [5.74, 6) is 1.96. The summed E-state index contributed by atoms with van der Waals surface area (Å²) in [6.45, 7) is 4.62. The molecule has 0 saturated heterocycles. The van der Waals surface area contributed by atoms with Gasteiger partial charge < -0.3 is 4.57 Å². The zero-order chi connectivity index (χ0) is 46.2. The summed E-state index contributed by atoms with van der Waals surface area (Å²) in [4.78, 5) is 15.3. The van der Waals surface area contributed by atoms with E-state index in [0.717, 1.165) is 33.5 Å². The van der Waals surface area contributed by atoms with Gasteiger partial charge in [0.15, 0.2) is 17.5 Å². The van der Waals surface area contributed by atoms with Crippen LogP contribution in [0.3, 0.4) is 0 Å². The van der Waals surface area contributed by atoms with Crippen LogP contribution in [0.15, 0.2) is 218 Å². The van der Waals surface area contributed by atoms with E-state index in [-0.39, 0.29) is 5.41 Å². The van der Waals surface area contributed by atoms with Crippen molar-refractivity contribution in [1.29, 1.82) is 0 Å². The Morgan fingerprint density at radius 2 is 0.829 bits per heavy atom. The first kappa shape index (κ1) is 39.0. The Morgan fingerprint density at radius 3 is 1.53 bits per heavy atom. The molecule has 2 aliphatic rings. The van der Waals surface area contributed by atoms with Crippen LogP contribution in [0.2, 0.25) is 0 Å². The summed E-state index contributed by atoms with van der Waals surface area (Å²) >= 11 is 0. The van der Waals surface area contributed by atoms with E-state index in [1.807, 2.05) is 18.2 Å². The summed E-state index contributed by atoms with van der Waals surface area (Å²) in [5, 5.41) is 10.3. The zero-order valence-corrected chi connectivity index (χ0v) is 38.6. The Morgan fingerprint density at radius 1 is 0.329 bits per heavy atom. The second-order valence-corrected chi connectivity index (χ2v) is 19.5. The Balaban J connectivity index is 0.829. The molecule has 11 aromatic carbocycles. The lowest BCUT2D eigenvalue weighted by molar-refractivity contribution is 0.660. The van der Waals surface area contributed by atoms with E-state index >= 15 is 0 Å². The molecule has 0 saturated carbocycles. The van der Waals surface area contributed by atoms with Crippen LogP contribution >= 0.6 is 0 Å². The molecule has 0 N–H and O–H groups in total. The van der Waals surface area contributed by atoms with Gasteiger partial charge in [0.1, 0.15) is 0 Å². The number of nitrogens with zero attached hydrogens (tertiary/aromatic N) is 4. The molecule has 0 fully saturated rings. The van der Waals surface area contributed by atoms with E-state index in [1.54, 1.807) is 0 Å². The second-order valence-electron chi connectivity index (χ2n) is 19.5. The zero-order valence-electron chi connectivity index (χ0n) is 38.6. The molecule has 4 nitrogen and oxygen atoms in total. The van der Waals surface area contributed by atoms with Gasteiger partial charge in [0.2, 0.25) is 0 Å². The van der Waals surface area contributed by atoms with Crippen LogP contribution < -0.4 is 0 Å². The molecule has 0 aliphatic heterocycles. The highest BCUT2D eigenvalue weighted by molar-refractivity contribution is 6.35. The van der Waals surface area contributed by atoms with Gasteiger partial charge >= 0.3 is 0 Å². The quantitative estimate of drug-likeness (QED) is 0.162. The van der Waals surface area contributed by atoms with Crippen LogP contribution in [0, 0.1) is 0 Å². The van der Waals surface area contributed by atoms with Crippen molar-refractivity contribution in [3.8, 4) is 84.4 Å². The van der Waals surface area contributed by atoms with Gasteiger partial charge in [-0.05, 0) is 118 Å². The van der Waals surface area contributed by atoms with Crippen molar-refractivity contribution in [2.75, 3.05) is 0 Å². The van der Waals surface area contributed by atoms with Crippen molar-refractivity contribution >= 4 is 54.1 Å². The van der Waals surface area contributed by atoms with Gasteiger partial charge in [0.05, 0.1) is 11.0 Å². The Kier molecular flexibility index (Phi) is 8.09. The van der Waals surface area contributed by atoms with Crippen molar-refractivity contribution in [3.63, 3.8) is 0 Å². The maximum Gasteiger partial charge on any atom is 0.164 e. The molecule has 0 unspecified atom stereocenters. The summed E-state index contributed by atoms with van der Waals surface area (Å²) in [6, 6.07) is 79.6. The van der Waals surface area contributed by atoms with E-state index in [0.29, 0.717) is 17.5 Å². The third kappa shape index (κ3) is 5.50. The minimum atomic E-state index is -0.133. The molecule has 2 aliphatic carbocycles. The van der Waals surface area contributed by atoms with Crippen LogP contribution in [-0.4, -0.2) is 19.5 Å². The second kappa shape index (κ2) is 14.5. The summed E-state index contributed by atoms with van der Waals surface area (Å²) < 4.78 is 2.47. The maximum atomic E-state index is 5.16. The molecule has 0 atom stereocenters. The van der Waals surface area contributed by atoms with E-state index in [9.17, 15) is 0 Å². The molecule has 70 heavy (non-hydrogen) atoms. The van der Waals surface area contributed by atoms with E-state index in [1.165, 1.54) is 98.6 Å². The predicted octanol–water partition coefficient (Wildman–Crippen LogP) is 17.0. The molecule has 326 valence electrons. The number of rotatable bonds is 5. The molecule has 13 aromatic rings. The van der Waals surface area contributed by atoms with Crippen molar-refractivity contribution in [3.05, 3.63) is 230 Å². The normalized spacial score (nSPS) is 13.1. The Labute approximate surface area is 404 Å². The average Bonchev–Trinajstić information content (AvgIpc) is 3.83. The van der Waals surface area contributed by atoms with Crippen LogP contribution in [0.4, 0.5) is 0 Å². The fraction of sp³-hybridized carbons (Fsp3) is 0.0455.